The van der Waals surface area contributed by atoms with Crippen LogP contribution in [0.2, 0.25) is 0 Å². The van der Waals surface area contributed by atoms with Crippen LogP contribution in [-0.4, -0.2) is 5.91 Å². The van der Waals surface area contributed by atoms with Crippen molar-refractivity contribution >= 4 is 17.2 Å². The Hall–Kier alpha value is -1.48. The molecular formula is C8H4F3NOS. The lowest BCUT2D eigenvalue weighted by Gasteiger charge is -1.99. The molecule has 14 heavy (non-hydrogen) atoms. The van der Waals surface area contributed by atoms with Crippen molar-refractivity contribution in [1.29, 1.82) is 0 Å². The molecule has 0 unspecified atom stereocenters. The van der Waals surface area contributed by atoms with Crippen molar-refractivity contribution in [1.82, 2.24) is 0 Å². The van der Waals surface area contributed by atoms with Gasteiger partial charge in [-0.1, -0.05) is 0 Å². The highest BCUT2D eigenvalue weighted by Gasteiger charge is 2.32. The van der Waals surface area contributed by atoms with E-state index in [0.29, 0.717) is 11.3 Å². The van der Waals surface area contributed by atoms with Gasteiger partial charge in [-0.2, -0.15) is 13.2 Å². The van der Waals surface area contributed by atoms with Crippen LogP contribution in [-0.2, 0) is 11.0 Å². The summed E-state index contributed by atoms with van der Waals surface area (Å²) in [5.41, 5.74) is 4.70. The molecular weight excluding hydrogens is 215 g/mol. The van der Waals surface area contributed by atoms with Crippen molar-refractivity contribution in [2.75, 3.05) is 0 Å². The highest BCUT2D eigenvalue weighted by atomic mass is 32.1. The minimum Gasteiger partial charge on any atom is -0.359 e. The maximum Gasteiger partial charge on any atom is 0.425 e. The summed E-state index contributed by atoms with van der Waals surface area (Å²) >= 11 is 0.475. The first-order valence-corrected chi connectivity index (χ1v) is 4.20. The standard InChI is InChI=1S/C8H4F3NOS/c9-8(10,11)6-3-1-5(14-6)2-4-7(12)13/h1,3H,(H2,12,13). The van der Waals surface area contributed by atoms with E-state index in [1.54, 1.807) is 0 Å². The minimum absolute atomic E-state index is 0.163. The van der Waals surface area contributed by atoms with E-state index in [4.69, 9.17) is 5.73 Å². The second kappa shape index (κ2) is 3.72. The van der Waals surface area contributed by atoms with Crippen molar-refractivity contribution in [2.24, 2.45) is 5.73 Å². The molecule has 0 aliphatic carbocycles. The minimum atomic E-state index is -4.36. The zero-order chi connectivity index (χ0) is 10.8. The van der Waals surface area contributed by atoms with Crippen LogP contribution < -0.4 is 5.73 Å². The average molecular weight is 219 g/mol. The molecule has 0 spiro atoms. The van der Waals surface area contributed by atoms with Crippen molar-refractivity contribution in [3.63, 3.8) is 0 Å². The molecule has 0 fully saturated rings. The molecule has 74 valence electrons. The molecule has 0 aliphatic rings. The van der Waals surface area contributed by atoms with E-state index in [1.807, 2.05) is 5.92 Å². The van der Waals surface area contributed by atoms with Crippen LogP contribution in [0, 0.1) is 11.8 Å². The highest BCUT2D eigenvalue weighted by Crippen LogP contribution is 2.34. The monoisotopic (exact) mass is 219 g/mol. The maximum atomic E-state index is 12.1. The third-order valence-electron chi connectivity index (χ3n) is 1.19. The van der Waals surface area contributed by atoms with Gasteiger partial charge in [-0.3, -0.25) is 4.79 Å². The summed E-state index contributed by atoms with van der Waals surface area (Å²) in [6.07, 6.45) is -4.36. The summed E-state index contributed by atoms with van der Waals surface area (Å²) in [6, 6.07) is 2.11. The van der Waals surface area contributed by atoms with Crippen LogP contribution in [0.15, 0.2) is 12.1 Å². The van der Waals surface area contributed by atoms with E-state index >= 15 is 0 Å². The number of rotatable bonds is 0. The second-order valence-electron chi connectivity index (χ2n) is 2.28. The number of carbonyl (C=O) groups is 1. The van der Waals surface area contributed by atoms with Gasteiger partial charge in [0.1, 0.15) is 4.88 Å². The molecule has 1 aromatic rings. The van der Waals surface area contributed by atoms with E-state index in [9.17, 15) is 18.0 Å². The Kier molecular flexibility index (Phi) is 2.81. The van der Waals surface area contributed by atoms with E-state index < -0.39 is 17.0 Å². The number of amides is 1. The van der Waals surface area contributed by atoms with Crippen molar-refractivity contribution in [2.45, 2.75) is 6.18 Å². The molecule has 2 nitrogen and oxygen atoms in total. The Labute approximate surface area is 81.5 Å². The molecule has 0 saturated heterocycles. The molecule has 0 aromatic carbocycles. The quantitative estimate of drug-likeness (QED) is 0.662. The summed E-state index contributed by atoms with van der Waals surface area (Å²) in [6.45, 7) is 0. The molecule has 0 saturated carbocycles. The van der Waals surface area contributed by atoms with Gasteiger partial charge < -0.3 is 5.73 Å². The van der Waals surface area contributed by atoms with Crippen LogP contribution in [0.5, 0.6) is 0 Å². The molecule has 0 radical (unpaired) electrons. The van der Waals surface area contributed by atoms with Crippen molar-refractivity contribution in [3.8, 4) is 11.8 Å². The summed E-state index contributed by atoms with van der Waals surface area (Å²) in [7, 11) is 0. The SMILES string of the molecule is NC(=O)C#Cc1ccc(C(F)(F)F)s1. The number of hydrogen-bond donors (Lipinski definition) is 1. The van der Waals surface area contributed by atoms with E-state index in [0.717, 1.165) is 6.07 Å². The number of carbonyl (C=O) groups excluding carboxylic acids is 1. The molecule has 1 rings (SSSR count). The smallest absolute Gasteiger partial charge is 0.359 e. The zero-order valence-electron chi connectivity index (χ0n) is 6.68. The third kappa shape index (κ3) is 2.78. The van der Waals surface area contributed by atoms with E-state index in [1.165, 1.54) is 6.07 Å². The first-order valence-electron chi connectivity index (χ1n) is 3.38. The summed E-state index contributed by atoms with van der Waals surface area (Å²) in [4.78, 5) is 9.63. The molecule has 2 N–H and O–H groups in total. The first kappa shape index (κ1) is 10.6. The maximum absolute atomic E-state index is 12.1. The fraction of sp³-hybridized carbons (Fsp3) is 0.125. The lowest BCUT2D eigenvalue weighted by atomic mass is 10.4. The zero-order valence-corrected chi connectivity index (χ0v) is 7.50. The lowest BCUT2D eigenvalue weighted by molar-refractivity contribution is -0.134. The number of primary amides is 1. The molecule has 0 aliphatic heterocycles. The number of thiophene rings is 1. The predicted molar refractivity (Wildman–Crippen MR) is 45.4 cm³/mol. The van der Waals surface area contributed by atoms with Crippen molar-refractivity contribution in [3.05, 3.63) is 21.9 Å². The number of hydrogen-bond acceptors (Lipinski definition) is 2. The van der Waals surface area contributed by atoms with Gasteiger partial charge >= 0.3 is 6.18 Å². The fourth-order valence-corrected chi connectivity index (χ4v) is 1.41. The Balaban J connectivity index is 2.91. The van der Waals surface area contributed by atoms with Crippen LogP contribution in [0.4, 0.5) is 13.2 Å². The largest absolute Gasteiger partial charge is 0.425 e. The molecule has 0 bridgehead atoms. The summed E-state index contributed by atoms with van der Waals surface area (Å²) in [5, 5.41) is 0. The predicted octanol–water partition coefficient (Wildman–Crippen LogP) is 1.60. The van der Waals surface area contributed by atoms with Gasteiger partial charge in [0.2, 0.25) is 0 Å². The van der Waals surface area contributed by atoms with Gasteiger partial charge in [0.15, 0.2) is 0 Å². The second-order valence-corrected chi connectivity index (χ2v) is 3.36. The van der Waals surface area contributed by atoms with Crippen LogP contribution >= 0.6 is 11.3 Å². The molecule has 1 amide bonds. The topological polar surface area (TPSA) is 43.1 Å². The van der Waals surface area contributed by atoms with Crippen molar-refractivity contribution < 1.29 is 18.0 Å². The summed E-state index contributed by atoms with van der Waals surface area (Å²) in [5.74, 6) is 3.32. The number of nitrogens with two attached hydrogens (primary N) is 1. The molecule has 1 heterocycles. The first-order chi connectivity index (χ1) is 6.39. The van der Waals surface area contributed by atoms with E-state index in [-0.39, 0.29) is 4.88 Å². The Bertz CT molecular complexity index is 410. The van der Waals surface area contributed by atoms with Gasteiger partial charge in [-0.25, -0.2) is 0 Å². The van der Waals surface area contributed by atoms with Crippen LogP contribution in [0.1, 0.15) is 9.75 Å². The lowest BCUT2D eigenvalue weighted by Crippen LogP contribution is -2.05. The average Bonchev–Trinajstić information content (AvgIpc) is 2.47. The van der Waals surface area contributed by atoms with Gasteiger partial charge in [-0.05, 0) is 18.1 Å². The third-order valence-corrected chi connectivity index (χ3v) is 2.24. The number of alkyl halides is 3. The Morgan fingerprint density at radius 2 is 2.07 bits per heavy atom. The van der Waals surface area contributed by atoms with Gasteiger partial charge in [0, 0.05) is 5.92 Å². The Morgan fingerprint density at radius 1 is 1.43 bits per heavy atom. The van der Waals surface area contributed by atoms with E-state index in [2.05, 4.69) is 5.92 Å². The van der Waals surface area contributed by atoms with Crippen LogP contribution in [0.25, 0.3) is 0 Å². The molecule has 6 heteroatoms. The number of halogens is 3. The van der Waals surface area contributed by atoms with Gasteiger partial charge in [0.05, 0.1) is 4.88 Å². The van der Waals surface area contributed by atoms with Gasteiger partial charge in [-0.15, -0.1) is 11.3 Å². The molecule has 0 atom stereocenters. The highest BCUT2D eigenvalue weighted by molar-refractivity contribution is 7.12. The normalized spacial score (nSPS) is 10.5. The molecule has 1 aromatic heterocycles. The van der Waals surface area contributed by atoms with Gasteiger partial charge in [0.25, 0.3) is 5.91 Å². The fourth-order valence-electron chi connectivity index (χ4n) is 0.681. The summed E-state index contributed by atoms with van der Waals surface area (Å²) < 4.78 is 36.2. The Morgan fingerprint density at radius 3 is 2.50 bits per heavy atom. The van der Waals surface area contributed by atoms with Crippen LogP contribution in [0.3, 0.4) is 0 Å².